The first kappa shape index (κ1) is 9.85. The number of halogens is 2. The van der Waals surface area contributed by atoms with Gasteiger partial charge in [0.05, 0.1) is 6.10 Å². The summed E-state index contributed by atoms with van der Waals surface area (Å²) in [5.41, 5.74) is 0.995. The van der Waals surface area contributed by atoms with E-state index in [-0.39, 0.29) is 6.10 Å². The fourth-order valence-corrected chi connectivity index (χ4v) is 1.49. The van der Waals surface area contributed by atoms with Crippen molar-refractivity contribution in [3.8, 4) is 0 Å². The smallest absolute Gasteiger partial charge is 0.0794 e. The summed E-state index contributed by atoms with van der Waals surface area (Å²) in [6.07, 6.45) is 0.0289. The number of benzene rings is 1. The molecule has 0 aliphatic rings. The molecule has 1 atom stereocenters. The van der Waals surface area contributed by atoms with Crippen molar-refractivity contribution in [3.05, 3.63) is 33.8 Å². The topological polar surface area (TPSA) is 9.23 Å². The van der Waals surface area contributed by atoms with Gasteiger partial charge in [0.1, 0.15) is 0 Å². The van der Waals surface area contributed by atoms with E-state index in [4.69, 9.17) is 27.9 Å². The van der Waals surface area contributed by atoms with Crippen molar-refractivity contribution in [2.45, 2.75) is 13.0 Å². The minimum atomic E-state index is 0.0289. The molecule has 0 N–H and O–H groups in total. The van der Waals surface area contributed by atoms with Crippen molar-refractivity contribution in [3.63, 3.8) is 0 Å². The Kier molecular flexibility index (Phi) is 3.39. The van der Waals surface area contributed by atoms with E-state index in [1.165, 1.54) is 0 Å². The molecule has 0 radical (unpaired) electrons. The lowest BCUT2D eigenvalue weighted by atomic mass is 10.1. The second-order valence-electron chi connectivity index (χ2n) is 2.58. The Bertz CT molecular complexity index is 253. The molecule has 0 aliphatic carbocycles. The first-order chi connectivity index (χ1) is 5.63. The highest BCUT2D eigenvalue weighted by molar-refractivity contribution is 6.34. The summed E-state index contributed by atoms with van der Waals surface area (Å²) < 4.78 is 5.13. The van der Waals surface area contributed by atoms with E-state index < -0.39 is 0 Å². The third-order valence-corrected chi connectivity index (χ3v) is 2.14. The van der Waals surface area contributed by atoms with Crippen molar-refractivity contribution in [2.75, 3.05) is 7.11 Å². The minimum absolute atomic E-state index is 0.0289. The van der Waals surface area contributed by atoms with Crippen LogP contribution in [-0.2, 0) is 4.74 Å². The van der Waals surface area contributed by atoms with Crippen LogP contribution in [0.4, 0.5) is 0 Å². The van der Waals surface area contributed by atoms with Gasteiger partial charge < -0.3 is 4.74 Å². The average molecular weight is 205 g/mol. The molecule has 66 valence electrons. The summed E-state index contributed by atoms with van der Waals surface area (Å²) in [7, 11) is 1.65. The van der Waals surface area contributed by atoms with Crippen LogP contribution in [0.3, 0.4) is 0 Å². The minimum Gasteiger partial charge on any atom is -0.377 e. The van der Waals surface area contributed by atoms with Crippen LogP contribution >= 0.6 is 23.2 Å². The molecule has 0 unspecified atom stereocenters. The van der Waals surface area contributed by atoms with Crippen LogP contribution in [0.15, 0.2) is 18.2 Å². The molecule has 1 aromatic carbocycles. The van der Waals surface area contributed by atoms with E-state index in [1.807, 2.05) is 19.1 Å². The van der Waals surface area contributed by atoms with Gasteiger partial charge in [-0.1, -0.05) is 23.2 Å². The van der Waals surface area contributed by atoms with Gasteiger partial charge in [0, 0.05) is 17.2 Å². The summed E-state index contributed by atoms with van der Waals surface area (Å²) in [4.78, 5) is 0. The molecule has 1 nitrogen and oxygen atoms in total. The largest absolute Gasteiger partial charge is 0.377 e. The van der Waals surface area contributed by atoms with Crippen molar-refractivity contribution in [1.82, 2.24) is 0 Å². The van der Waals surface area contributed by atoms with Crippen LogP contribution < -0.4 is 0 Å². The van der Waals surface area contributed by atoms with Crippen LogP contribution in [0.2, 0.25) is 10.0 Å². The Balaban J connectivity index is 3.00. The fraction of sp³-hybridized carbons (Fsp3) is 0.333. The van der Waals surface area contributed by atoms with Gasteiger partial charge >= 0.3 is 0 Å². The Morgan fingerprint density at radius 2 is 1.67 bits per heavy atom. The van der Waals surface area contributed by atoms with Crippen LogP contribution in [-0.4, -0.2) is 7.11 Å². The molecule has 3 heteroatoms. The van der Waals surface area contributed by atoms with Gasteiger partial charge in [-0.3, -0.25) is 0 Å². The highest BCUT2D eigenvalue weighted by Crippen LogP contribution is 2.24. The molecule has 0 aromatic heterocycles. The molecule has 0 saturated heterocycles. The second-order valence-corrected chi connectivity index (χ2v) is 3.45. The van der Waals surface area contributed by atoms with E-state index in [1.54, 1.807) is 13.2 Å². The third-order valence-electron chi connectivity index (χ3n) is 1.71. The molecule has 1 aromatic rings. The zero-order valence-corrected chi connectivity index (χ0v) is 8.49. The van der Waals surface area contributed by atoms with Crippen molar-refractivity contribution in [1.29, 1.82) is 0 Å². The lowest BCUT2D eigenvalue weighted by Crippen LogP contribution is -1.95. The highest BCUT2D eigenvalue weighted by Gasteiger charge is 2.05. The SMILES string of the molecule is CO[C@@H](C)c1cc(Cl)cc(Cl)c1. The summed E-state index contributed by atoms with van der Waals surface area (Å²) in [6.45, 7) is 1.95. The molecule has 0 bridgehead atoms. The van der Waals surface area contributed by atoms with Gasteiger partial charge in [-0.05, 0) is 30.7 Å². The van der Waals surface area contributed by atoms with Gasteiger partial charge in [-0.15, -0.1) is 0 Å². The third kappa shape index (κ3) is 2.37. The first-order valence-corrected chi connectivity index (χ1v) is 4.38. The number of rotatable bonds is 2. The number of ether oxygens (including phenoxy) is 1. The maximum atomic E-state index is 5.81. The predicted octanol–water partition coefficient (Wildman–Crippen LogP) is 3.70. The Labute approximate surface area is 82.2 Å². The first-order valence-electron chi connectivity index (χ1n) is 3.62. The van der Waals surface area contributed by atoms with E-state index in [0.29, 0.717) is 10.0 Å². The van der Waals surface area contributed by atoms with E-state index in [2.05, 4.69) is 0 Å². The zero-order chi connectivity index (χ0) is 9.14. The molecule has 1 rings (SSSR count). The number of hydrogen-bond acceptors (Lipinski definition) is 1. The lowest BCUT2D eigenvalue weighted by Gasteiger charge is -2.10. The molecular weight excluding hydrogens is 195 g/mol. The lowest BCUT2D eigenvalue weighted by molar-refractivity contribution is 0.119. The quantitative estimate of drug-likeness (QED) is 0.715. The predicted molar refractivity (Wildman–Crippen MR) is 51.9 cm³/mol. The normalized spacial score (nSPS) is 13.0. The maximum absolute atomic E-state index is 5.81. The van der Waals surface area contributed by atoms with Gasteiger partial charge in [-0.25, -0.2) is 0 Å². The molecule has 0 amide bonds. The van der Waals surface area contributed by atoms with E-state index in [0.717, 1.165) is 5.56 Å². The zero-order valence-electron chi connectivity index (χ0n) is 6.97. The van der Waals surface area contributed by atoms with Gasteiger partial charge in [-0.2, -0.15) is 0 Å². The van der Waals surface area contributed by atoms with Crippen LogP contribution in [0.25, 0.3) is 0 Å². The molecule has 0 saturated carbocycles. The average Bonchev–Trinajstić information content (AvgIpc) is 2.01. The summed E-state index contributed by atoms with van der Waals surface area (Å²) >= 11 is 11.6. The highest BCUT2D eigenvalue weighted by atomic mass is 35.5. The summed E-state index contributed by atoms with van der Waals surface area (Å²) in [6, 6.07) is 5.40. The van der Waals surface area contributed by atoms with Crippen molar-refractivity contribution >= 4 is 23.2 Å². The molecule has 0 fully saturated rings. The summed E-state index contributed by atoms with van der Waals surface area (Å²) in [5, 5.41) is 1.28. The molecule has 0 spiro atoms. The van der Waals surface area contributed by atoms with Crippen molar-refractivity contribution in [2.24, 2.45) is 0 Å². The second kappa shape index (κ2) is 4.13. The molecule has 0 aliphatic heterocycles. The van der Waals surface area contributed by atoms with Gasteiger partial charge in [0.15, 0.2) is 0 Å². The fourth-order valence-electron chi connectivity index (χ4n) is 0.946. The molecular formula is C9H10Cl2O. The summed E-state index contributed by atoms with van der Waals surface area (Å²) in [5.74, 6) is 0. The maximum Gasteiger partial charge on any atom is 0.0794 e. The monoisotopic (exact) mass is 204 g/mol. The van der Waals surface area contributed by atoms with Crippen LogP contribution in [0.5, 0.6) is 0 Å². The van der Waals surface area contributed by atoms with Crippen LogP contribution in [0, 0.1) is 0 Å². The Hall–Kier alpha value is -0.240. The van der Waals surface area contributed by atoms with Gasteiger partial charge in [0.25, 0.3) is 0 Å². The van der Waals surface area contributed by atoms with Crippen molar-refractivity contribution < 1.29 is 4.74 Å². The number of hydrogen-bond donors (Lipinski definition) is 0. The standard InChI is InChI=1S/C9H10Cl2O/c1-6(12-2)7-3-8(10)5-9(11)4-7/h3-6H,1-2H3/t6-/m0/s1. The van der Waals surface area contributed by atoms with Crippen LogP contribution in [0.1, 0.15) is 18.6 Å². The van der Waals surface area contributed by atoms with E-state index >= 15 is 0 Å². The molecule has 0 heterocycles. The van der Waals surface area contributed by atoms with Gasteiger partial charge in [0.2, 0.25) is 0 Å². The Morgan fingerprint density at radius 3 is 2.08 bits per heavy atom. The molecule has 12 heavy (non-hydrogen) atoms. The number of methoxy groups -OCH3 is 1. The Morgan fingerprint density at radius 1 is 1.17 bits per heavy atom. The van der Waals surface area contributed by atoms with E-state index in [9.17, 15) is 0 Å².